The second-order valence-electron chi connectivity index (χ2n) is 32.1. The molecule has 128 heavy (non-hydrogen) atoms. The molecule has 28 heteroatoms. The van der Waals surface area contributed by atoms with Crippen molar-refractivity contribution in [3.63, 3.8) is 0 Å². The largest absolute Gasteiger partial charge is 1.00 e. The van der Waals surface area contributed by atoms with Crippen molar-refractivity contribution in [2.75, 3.05) is 119 Å². The second-order valence-corrected chi connectivity index (χ2v) is 43.6. The van der Waals surface area contributed by atoms with Gasteiger partial charge in [-0.05, 0) is 200 Å². The molecule has 0 saturated heterocycles. The first-order valence-electron chi connectivity index (χ1n) is 42.9. The summed E-state index contributed by atoms with van der Waals surface area (Å²) < 4.78 is 150. The first-order valence-corrected chi connectivity index (χ1v) is 51.5. The number of carbonyl (C=O) groups is 2. The molecule has 0 amide bonds. The number of quaternary nitrogens is 1. The molecule has 1 unspecified atom stereocenters. The molecule has 0 spiro atoms. The van der Waals surface area contributed by atoms with Gasteiger partial charge < -0.3 is 51.5 Å². The average Bonchev–Trinajstić information content (AvgIpc) is 0.760. The third kappa shape index (κ3) is 53.3. The van der Waals surface area contributed by atoms with Gasteiger partial charge in [-0.15, -0.1) is 0 Å². The Morgan fingerprint density at radius 1 is 0.438 bits per heavy atom. The molecule has 0 aliphatic rings. The van der Waals surface area contributed by atoms with Crippen molar-refractivity contribution in [1.82, 2.24) is 0 Å². The molecule has 0 aliphatic heterocycles. The minimum atomic E-state index is -8.55. The summed E-state index contributed by atoms with van der Waals surface area (Å²) in [4.78, 5) is 23.0. The predicted octanol–water partition coefficient (Wildman–Crippen LogP) is 18.3. The molecule has 8 aromatic carbocycles. The average molecular weight is 1910 g/mol. The number of unbranched alkanes of at least 4 members (excludes halogenated alkanes) is 9. The van der Waals surface area contributed by atoms with Crippen LogP contribution in [0, 0.1) is 23.7 Å². The summed E-state index contributed by atoms with van der Waals surface area (Å²) in [6, 6.07) is 78.1. The molecule has 0 aromatic heterocycles. The molecule has 0 fully saturated rings. The van der Waals surface area contributed by atoms with E-state index in [2.05, 4.69) is 222 Å². The van der Waals surface area contributed by atoms with Gasteiger partial charge in [0.2, 0.25) is 0 Å². The van der Waals surface area contributed by atoms with E-state index in [1.165, 1.54) is 133 Å². The molecular formula is C100H156F6NNaO15P3S2+. The van der Waals surface area contributed by atoms with Gasteiger partial charge in [0.25, 0.3) is 0 Å². The van der Waals surface area contributed by atoms with E-state index in [4.69, 9.17) is 28.4 Å². The van der Waals surface area contributed by atoms with Crippen LogP contribution in [0.4, 0.5) is 21.0 Å². The van der Waals surface area contributed by atoms with Crippen LogP contribution in [-0.2, 0) is 63.0 Å². The zero-order valence-corrected chi connectivity index (χ0v) is 82.3. The van der Waals surface area contributed by atoms with Crippen LogP contribution in [0.3, 0.4) is 0 Å². The van der Waals surface area contributed by atoms with Crippen molar-refractivity contribution < 1.29 is 128 Å². The first-order chi connectivity index (χ1) is 57.8. The van der Waals surface area contributed by atoms with Crippen molar-refractivity contribution in [2.45, 2.75) is 213 Å². The number of nitrogens with zero attached hydrogens (tertiary/aromatic N) is 1. The van der Waals surface area contributed by atoms with Gasteiger partial charge in [0.15, 0.2) is 0 Å². The third-order valence-corrected chi connectivity index (χ3v) is 31.8. The number of rotatable bonds is 49. The number of ether oxygens (including phenoxy) is 7. The van der Waals surface area contributed by atoms with Crippen LogP contribution < -0.4 is 66.1 Å². The smallest absolute Gasteiger partial charge is 1.00 e. The molecule has 0 heterocycles. The van der Waals surface area contributed by atoms with E-state index < -0.39 is 48.3 Å². The topological polar surface area (TPSA) is 213 Å². The molecule has 720 valence electrons. The number of likely N-dealkylation sites (N-methyl/N-ethyl adjacent to an activating group) is 1. The van der Waals surface area contributed by atoms with Gasteiger partial charge in [0, 0.05) is 26.1 Å². The standard InChI is InChI=1S/C45H48P2.C16H34O6S.C14H30NO2.C11H10O3S.C10H20O4.4CH4.F5P.FH.Na/c1(2-4-24-38-46(40-26-12-6-13-27-40,41-28-14-7-15-29-41)42-30-16-8-17-31-42)3-5-25-39-47(43-32-18-9-19-33-43,44-34-20-10-21-35-44)45-36-22-11-23-37-45;1-3-5-8-16(4-2)15-22-13-12-21-11-10-20-9-6-7-14-23(17,18)19;1-7-9-10-15(5,6)11-12-17-13(16)14(3,4)8-2;1-8-2-3-9-4-5-11(15(12,13)14)7-10(9)6-8;1-5-10(2,3)9(11)14-7-6-13-8-12-4;;;;;1-6(2,3,4)5;;/h6-23,26-37H,1-5,24-25,38-39H2;16H,3-15H2,1-2H3,(H,17,18,19);7-12H2,1-6H3;2-7H,1H3,(H,12,13,14);5-8H2,1-4H3;4*1H4;;1H;/q+2;;+1;;;;;;;;;+1/p-3. The summed E-state index contributed by atoms with van der Waals surface area (Å²) in [7, 11) is -14.5. The molecule has 8 aromatic rings. The maximum Gasteiger partial charge on any atom is 1.00 e. The summed E-state index contributed by atoms with van der Waals surface area (Å²) in [5.74, 6) is 0.0778. The molecule has 0 saturated carbocycles. The Morgan fingerprint density at radius 3 is 1.14 bits per heavy atom. The van der Waals surface area contributed by atoms with Gasteiger partial charge in [-0.1, -0.05) is 248 Å². The molecule has 0 N–H and O–H groups in total. The van der Waals surface area contributed by atoms with Crippen molar-refractivity contribution >= 4 is 97.5 Å². The molecule has 1 atom stereocenters. The zero-order valence-electron chi connectivity index (χ0n) is 76.0. The Hall–Kier alpha value is -5.59. The van der Waals surface area contributed by atoms with E-state index in [9.17, 15) is 56.5 Å². The molecule has 8 rings (SSSR count). The van der Waals surface area contributed by atoms with Gasteiger partial charge in [0.05, 0.1) is 91.8 Å². The number of hydrogen-bond acceptors (Lipinski definition) is 15. The summed E-state index contributed by atoms with van der Waals surface area (Å²) >= 11 is 0. The second kappa shape index (κ2) is 68.4. The molecule has 0 aliphatic carbocycles. The van der Waals surface area contributed by atoms with E-state index in [1.54, 1.807) is 13.2 Å². The quantitative estimate of drug-likeness (QED) is 0.00507. The zero-order chi connectivity index (χ0) is 90.5. The van der Waals surface area contributed by atoms with Crippen molar-refractivity contribution in [3.05, 3.63) is 224 Å². The number of esters is 2. The van der Waals surface area contributed by atoms with Crippen molar-refractivity contribution in [2.24, 2.45) is 16.7 Å². The summed E-state index contributed by atoms with van der Waals surface area (Å²) in [6.45, 7) is 26.9. The number of halogens is 6. The van der Waals surface area contributed by atoms with Crippen molar-refractivity contribution in [3.8, 4) is 0 Å². The van der Waals surface area contributed by atoms with Crippen LogP contribution >= 0.6 is 22.7 Å². The number of aryl methyl sites for hydroxylation is 1. The summed E-state index contributed by atoms with van der Waals surface area (Å²) in [6.07, 6.45) is 21.3. The number of carbonyl (C=O) groups excluding carboxylic acids is 2. The van der Waals surface area contributed by atoms with E-state index >= 15 is 0 Å². The monoisotopic (exact) mass is 1900 g/mol. The molecule has 0 bridgehead atoms. The van der Waals surface area contributed by atoms with Crippen LogP contribution in [0.25, 0.3) is 10.8 Å². The summed E-state index contributed by atoms with van der Waals surface area (Å²) in [5, 5.41) is 10.7. The number of benzene rings is 8. The Labute approximate surface area is 792 Å². The molecular weight excluding hydrogens is 1750 g/mol. The number of fused-ring (bicyclic) bond motifs is 1. The van der Waals surface area contributed by atoms with Crippen LogP contribution in [0.1, 0.15) is 207 Å². The van der Waals surface area contributed by atoms with Crippen LogP contribution in [0.2, 0.25) is 0 Å². The first kappa shape index (κ1) is 129. The Balaban J connectivity index is -0.000000801. The molecule has 0 radical (unpaired) electrons. The van der Waals surface area contributed by atoms with Crippen molar-refractivity contribution in [1.29, 1.82) is 0 Å². The van der Waals surface area contributed by atoms with Gasteiger partial charge in [-0.2, -0.15) is 0 Å². The Kier molecular flexibility index (Phi) is 68.8. The normalized spacial score (nSPS) is 11.9. The van der Waals surface area contributed by atoms with Crippen LogP contribution in [0.5, 0.6) is 0 Å². The van der Waals surface area contributed by atoms with E-state index in [0.29, 0.717) is 65.0 Å². The maximum absolute atomic E-state index is 11.8. The van der Waals surface area contributed by atoms with Gasteiger partial charge in [0.1, 0.15) is 83.0 Å². The Bertz CT molecular complexity index is 4030. The minimum Gasteiger partial charge on any atom is -1.00 e. The fraction of sp³-hybridized carbons (Fsp3) is 0.520. The minimum absolute atomic E-state index is 0. The fourth-order valence-electron chi connectivity index (χ4n) is 13.0. The van der Waals surface area contributed by atoms with E-state index in [1.807, 2.05) is 66.7 Å². The van der Waals surface area contributed by atoms with E-state index in [-0.39, 0.29) is 105 Å². The SMILES string of the molecule is C.C.C.C.CCC(C)(C)C(=O)OCCOCOC.CCCCC(CC)COCCOCCOCCCCS(=O)(=O)[O-].CCCC[N+](C)(C)CCOC(=O)C(C)(C)CC.Cc1ccc2ccc(S(=O)(=O)[O-])cc2c1.FP(F)(F)(F)F.[F-].[Na+].c1ccc([P+](CCCCCCCCC[P+](c2ccccc2)(c2ccccc2)c2ccccc2)(c2ccccc2)c2ccccc2)cc1. The number of methoxy groups -OCH3 is 1. The van der Waals surface area contributed by atoms with Crippen LogP contribution in [-0.4, -0.2) is 161 Å². The summed E-state index contributed by atoms with van der Waals surface area (Å²) in [5.41, 5.74) is 0.282. The Morgan fingerprint density at radius 2 is 0.789 bits per heavy atom. The fourth-order valence-corrected chi connectivity index (χ4v) is 22.9. The van der Waals surface area contributed by atoms with Gasteiger partial charge in [-0.25, -0.2) is 16.8 Å². The number of hydrogen-bond donors (Lipinski definition) is 0. The maximum atomic E-state index is 11.8. The predicted molar refractivity (Wildman–Crippen MR) is 523 cm³/mol. The third-order valence-electron chi connectivity index (χ3n) is 21.1. The van der Waals surface area contributed by atoms with Gasteiger partial charge >= 0.3 is 70.6 Å². The van der Waals surface area contributed by atoms with Crippen LogP contribution in [0.15, 0.2) is 223 Å². The van der Waals surface area contributed by atoms with Gasteiger partial charge in [-0.3, -0.25) is 9.59 Å². The van der Waals surface area contributed by atoms with E-state index in [0.717, 1.165) is 59.8 Å². The molecule has 16 nitrogen and oxygen atoms in total.